The number of amides is 1. The summed E-state index contributed by atoms with van der Waals surface area (Å²) in [6.45, 7) is 10.6. The number of aliphatic hydroxyl groups is 1. The van der Waals surface area contributed by atoms with Gasteiger partial charge in [0, 0.05) is 31.8 Å². The van der Waals surface area contributed by atoms with E-state index in [1.54, 1.807) is 0 Å². The van der Waals surface area contributed by atoms with Crippen LogP contribution in [-0.4, -0.2) is 36.7 Å². The first kappa shape index (κ1) is 27.6. The van der Waals surface area contributed by atoms with Crippen molar-refractivity contribution in [3.05, 3.63) is 29.8 Å². The maximum atomic E-state index is 12.0. The monoisotopic (exact) mass is 518 g/mol. The van der Waals surface area contributed by atoms with Gasteiger partial charge in [0.15, 0.2) is 5.96 Å². The minimum Gasteiger partial charge on any atom is -0.396 e. The van der Waals surface area contributed by atoms with Crippen LogP contribution in [0.3, 0.4) is 0 Å². The lowest BCUT2D eigenvalue weighted by Crippen LogP contribution is -2.40. The van der Waals surface area contributed by atoms with Gasteiger partial charge in [0.05, 0.1) is 6.54 Å². The van der Waals surface area contributed by atoms with E-state index >= 15 is 0 Å². The molecule has 1 aromatic rings. The Balaban J connectivity index is 0.00000784. The Morgan fingerprint density at radius 1 is 1.17 bits per heavy atom. The molecule has 166 valence electrons. The minimum atomic E-state index is 0. The predicted octanol–water partition coefficient (Wildman–Crippen LogP) is 4.14. The first-order chi connectivity index (χ1) is 13.5. The van der Waals surface area contributed by atoms with Gasteiger partial charge in [-0.2, -0.15) is 0 Å². The average Bonchev–Trinajstić information content (AvgIpc) is 2.63. The summed E-state index contributed by atoms with van der Waals surface area (Å²) in [5.74, 6) is 1.59. The molecule has 0 saturated carbocycles. The van der Waals surface area contributed by atoms with E-state index in [-0.39, 0.29) is 36.5 Å². The maximum Gasteiger partial charge on any atom is 0.224 e. The first-order valence-electron chi connectivity index (χ1n) is 10.5. The lowest BCUT2D eigenvalue weighted by Gasteiger charge is -2.18. The van der Waals surface area contributed by atoms with Crippen LogP contribution in [0.1, 0.15) is 58.9 Å². The van der Waals surface area contributed by atoms with Gasteiger partial charge in [0.25, 0.3) is 0 Å². The first-order valence-corrected chi connectivity index (χ1v) is 10.5. The highest BCUT2D eigenvalue weighted by molar-refractivity contribution is 14.0. The predicted molar refractivity (Wildman–Crippen MR) is 133 cm³/mol. The van der Waals surface area contributed by atoms with Crippen LogP contribution in [0, 0.1) is 11.8 Å². The van der Waals surface area contributed by atoms with Crippen molar-refractivity contribution < 1.29 is 9.90 Å². The summed E-state index contributed by atoms with van der Waals surface area (Å²) in [4.78, 5) is 16.6. The van der Waals surface area contributed by atoms with Gasteiger partial charge in [-0.05, 0) is 49.3 Å². The Bertz CT molecular complexity index is 602. The Morgan fingerprint density at radius 3 is 2.55 bits per heavy atom. The largest absolute Gasteiger partial charge is 0.396 e. The molecule has 1 rings (SSSR count). The van der Waals surface area contributed by atoms with Crippen LogP contribution in [-0.2, 0) is 11.3 Å². The molecule has 7 heteroatoms. The molecular formula is C22H39IN4O2. The zero-order valence-corrected chi connectivity index (χ0v) is 20.7. The molecule has 0 aliphatic heterocycles. The van der Waals surface area contributed by atoms with Gasteiger partial charge < -0.3 is 21.1 Å². The van der Waals surface area contributed by atoms with Crippen molar-refractivity contribution in [2.75, 3.05) is 25.0 Å². The molecule has 0 fully saturated rings. The number of anilines is 1. The molecule has 1 atom stereocenters. The fourth-order valence-electron chi connectivity index (χ4n) is 3.02. The van der Waals surface area contributed by atoms with Crippen molar-refractivity contribution in [2.45, 2.75) is 59.9 Å². The van der Waals surface area contributed by atoms with Gasteiger partial charge in [-0.1, -0.05) is 39.3 Å². The molecule has 0 aliphatic rings. The molecule has 6 nitrogen and oxygen atoms in total. The molecule has 0 aliphatic carbocycles. The summed E-state index contributed by atoms with van der Waals surface area (Å²) in [6, 6.07) is 7.82. The summed E-state index contributed by atoms with van der Waals surface area (Å²) < 4.78 is 0. The fraction of sp³-hybridized carbons (Fsp3) is 0.636. The fourth-order valence-corrected chi connectivity index (χ4v) is 3.02. The number of nitrogens with zero attached hydrogens (tertiary/aromatic N) is 1. The normalized spacial score (nSPS) is 12.3. The minimum absolute atomic E-state index is 0. The smallest absolute Gasteiger partial charge is 0.224 e. The Hall–Kier alpha value is -1.35. The van der Waals surface area contributed by atoms with Crippen molar-refractivity contribution in [1.82, 2.24) is 10.6 Å². The third-order valence-corrected chi connectivity index (χ3v) is 4.36. The van der Waals surface area contributed by atoms with Crippen LogP contribution in [0.5, 0.6) is 0 Å². The van der Waals surface area contributed by atoms with Crippen LogP contribution >= 0.6 is 24.0 Å². The van der Waals surface area contributed by atoms with E-state index in [9.17, 15) is 9.90 Å². The number of aliphatic hydroxyl groups excluding tert-OH is 1. The van der Waals surface area contributed by atoms with Crippen molar-refractivity contribution in [3.8, 4) is 0 Å². The lowest BCUT2D eigenvalue weighted by molar-refractivity contribution is -0.116. The van der Waals surface area contributed by atoms with Crippen molar-refractivity contribution in [3.63, 3.8) is 0 Å². The number of hydrogen-bond donors (Lipinski definition) is 4. The quantitative estimate of drug-likeness (QED) is 0.190. The summed E-state index contributed by atoms with van der Waals surface area (Å²) in [6.07, 6.45) is 3.52. The van der Waals surface area contributed by atoms with Crippen LogP contribution in [0.15, 0.2) is 29.3 Å². The molecule has 0 saturated heterocycles. The number of halogens is 1. The summed E-state index contributed by atoms with van der Waals surface area (Å²) in [5.41, 5.74) is 1.85. The van der Waals surface area contributed by atoms with Crippen molar-refractivity contribution in [2.24, 2.45) is 16.8 Å². The van der Waals surface area contributed by atoms with Gasteiger partial charge in [-0.25, -0.2) is 4.99 Å². The lowest BCUT2D eigenvalue weighted by atomic mass is 10.0. The zero-order chi connectivity index (χ0) is 20.8. The summed E-state index contributed by atoms with van der Waals surface area (Å²) >= 11 is 0. The molecule has 29 heavy (non-hydrogen) atoms. The van der Waals surface area contributed by atoms with Crippen molar-refractivity contribution in [1.29, 1.82) is 0 Å². The highest BCUT2D eigenvalue weighted by Crippen LogP contribution is 2.13. The van der Waals surface area contributed by atoms with E-state index in [1.165, 1.54) is 0 Å². The number of guanidine groups is 1. The van der Waals surface area contributed by atoms with Crippen LogP contribution in [0.25, 0.3) is 0 Å². The average molecular weight is 518 g/mol. The Labute approximate surface area is 193 Å². The summed E-state index contributed by atoms with van der Waals surface area (Å²) in [5, 5.41) is 18.8. The standard InChI is InChI=1S/C22H38N4O2.HI/c1-5-8-18(11-12-27)15-24-22(23-6-2)25-16-19-9-7-10-20(14-19)26-21(28)13-17(3)4;/h7,9-10,14,17-18,27H,5-6,8,11-13,15-16H2,1-4H3,(H,26,28)(H2,23,24,25);1H. The number of rotatable bonds is 12. The molecule has 1 aromatic carbocycles. The van der Waals surface area contributed by atoms with Gasteiger partial charge in [-0.15, -0.1) is 24.0 Å². The third-order valence-electron chi connectivity index (χ3n) is 4.36. The second-order valence-corrected chi connectivity index (χ2v) is 7.59. The molecule has 1 unspecified atom stereocenters. The van der Waals surface area contributed by atoms with E-state index in [0.717, 1.165) is 49.6 Å². The van der Waals surface area contributed by atoms with E-state index in [2.05, 4.69) is 27.9 Å². The Kier molecular flexibility index (Phi) is 15.7. The molecule has 4 N–H and O–H groups in total. The highest BCUT2D eigenvalue weighted by Gasteiger charge is 2.09. The van der Waals surface area contributed by atoms with Crippen LogP contribution in [0.2, 0.25) is 0 Å². The van der Waals surface area contributed by atoms with Crippen LogP contribution in [0.4, 0.5) is 5.69 Å². The van der Waals surface area contributed by atoms with Crippen LogP contribution < -0.4 is 16.0 Å². The number of hydrogen-bond acceptors (Lipinski definition) is 3. The second-order valence-electron chi connectivity index (χ2n) is 7.59. The Morgan fingerprint density at radius 2 is 1.93 bits per heavy atom. The SMILES string of the molecule is CCCC(CCO)CNC(=NCc1cccc(NC(=O)CC(C)C)c1)NCC.I. The maximum absolute atomic E-state index is 12.0. The van der Waals surface area contributed by atoms with E-state index < -0.39 is 0 Å². The summed E-state index contributed by atoms with van der Waals surface area (Å²) in [7, 11) is 0. The number of nitrogens with one attached hydrogen (secondary N) is 3. The van der Waals surface area contributed by atoms with Crippen molar-refractivity contribution >= 4 is 41.5 Å². The second kappa shape index (κ2) is 16.4. The molecule has 0 spiro atoms. The number of aliphatic imine (C=N–C) groups is 1. The van der Waals surface area contributed by atoms with Gasteiger partial charge in [0.2, 0.25) is 5.91 Å². The van der Waals surface area contributed by atoms with Gasteiger partial charge >= 0.3 is 0 Å². The number of carbonyl (C=O) groups is 1. The molecule has 0 heterocycles. The van der Waals surface area contributed by atoms with E-state index in [4.69, 9.17) is 0 Å². The highest BCUT2D eigenvalue weighted by atomic mass is 127. The molecule has 1 amide bonds. The third kappa shape index (κ3) is 12.7. The van der Waals surface area contributed by atoms with Gasteiger partial charge in [-0.3, -0.25) is 4.79 Å². The van der Waals surface area contributed by atoms with E-state index in [1.807, 2.05) is 45.0 Å². The number of carbonyl (C=O) groups excluding carboxylic acids is 1. The van der Waals surface area contributed by atoms with E-state index in [0.29, 0.717) is 24.8 Å². The molecule has 0 radical (unpaired) electrons. The topological polar surface area (TPSA) is 85.8 Å². The molecule has 0 aromatic heterocycles. The zero-order valence-electron chi connectivity index (χ0n) is 18.3. The molecule has 0 bridgehead atoms. The number of benzene rings is 1. The molecular weight excluding hydrogens is 479 g/mol. The van der Waals surface area contributed by atoms with Gasteiger partial charge in [0.1, 0.15) is 0 Å².